The SMILES string of the molecule is Cc1c(Cl)cccc1-n1ccnc1SCc1nc(C2(N)CCCC2)no1. The Morgan fingerprint density at radius 1 is 1.35 bits per heavy atom. The fraction of sp³-hybridized carbons (Fsp3) is 0.389. The molecule has 0 aliphatic heterocycles. The van der Waals surface area contributed by atoms with E-state index in [4.69, 9.17) is 21.9 Å². The summed E-state index contributed by atoms with van der Waals surface area (Å²) in [5.74, 6) is 1.73. The van der Waals surface area contributed by atoms with Crippen LogP contribution in [0.3, 0.4) is 0 Å². The first-order valence-corrected chi connectivity index (χ1v) is 9.97. The van der Waals surface area contributed by atoms with Gasteiger partial charge in [0.1, 0.15) is 0 Å². The minimum atomic E-state index is -0.428. The van der Waals surface area contributed by atoms with Gasteiger partial charge in [-0.3, -0.25) is 4.57 Å². The van der Waals surface area contributed by atoms with Crippen LogP contribution in [-0.2, 0) is 11.3 Å². The average molecular weight is 390 g/mol. The number of thioether (sulfide) groups is 1. The molecule has 0 bridgehead atoms. The van der Waals surface area contributed by atoms with Crippen LogP contribution in [0.25, 0.3) is 5.69 Å². The highest BCUT2D eigenvalue weighted by Gasteiger charge is 2.35. The number of nitrogens with zero attached hydrogens (tertiary/aromatic N) is 4. The van der Waals surface area contributed by atoms with Gasteiger partial charge in [0.2, 0.25) is 5.89 Å². The van der Waals surface area contributed by atoms with Crippen LogP contribution in [0.2, 0.25) is 5.02 Å². The Kier molecular flexibility index (Phi) is 4.77. The first-order chi connectivity index (χ1) is 12.6. The van der Waals surface area contributed by atoms with E-state index in [0.29, 0.717) is 17.5 Å². The van der Waals surface area contributed by atoms with Crippen molar-refractivity contribution in [1.29, 1.82) is 0 Å². The Hall–Kier alpha value is -1.83. The number of rotatable bonds is 5. The lowest BCUT2D eigenvalue weighted by Gasteiger charge is -2.17. The van der Waals surface area contributed by atoms with Crippen LogP contribution < -0.4 is 5.73 Å². The molecule has 1 aromatic carbocycles. The van der Waals surface area contributed by atoms with Gasteiger partial charge >= 0.3 is 0 Å². The van der Waals surface area contributed by atoms with Gasteiger partial charge in [-0.2, -0.15) is 4.98 Å². The zero-order valence-electron chi connectivity index (χ0n) is 14.5. The molecule has 2 N–H and O–H groups in total. The van der Waals surface area contributed by atoms with E-state index >= 15 is 0 Å². The van der Waals surface area contributed by atoms with E-state index in [1.807, 2.05) is 35.9 Å². The molecule has 0 saturated heterocycles. The van der Waals surface area contributed by atoms with Crippen molar-refractivity contribution in [2.24, 2.45) is 5.73 Å². The Labute approximate surface area is 161 Å². The molecule has 4 rings (SSSR count). The predicted molar refractivity (Wildman–Crippen MR) is 102 cm³/mol. The average Bonchev–Trinajstić information content (AvgIpc) is 3.36. The van der Waals surface area contributed by atoms with Crippen LogP contribution in [-0.4, -0.2) is 19.7 Å². The van der Waals surface area contributed by atoms with E-state index in [9.17, 15) is 0 Å². The third-order valence-electron chi connectivity index (χ3n) is 4.84. The van der Waals surface area contributed by atoms with Crippen molar-refractivity contribution in [1.82, 2.24) is 19.7 Å². The van der Waals surface area contributed by atoms with Gasteiger partial charge in [0.05, 0.1) is 17.0 Å². The smallest absolute Gasteiger partial charge is 0.237 e. The third kappa shape index (κ3) is 3.26. The quantitative estimate of drug-likeness (QED) is 0.657. The van der Waals surface area contributed by atoms with Crippen LogP contribution in [0.4, 0.5) is 0 Å². The molecule has 26 heavy (non-hydrogen) atoms. The van der Waals surface area contributed by atoms with E-state index in [0.717, 1.165) is 47.1 Å². The van der Waals surface area contributed by atoms with Gasteiger partial charge in [-0.05, 0) is 37.5 Å². The van der Waals surface area contributed by atoms with E-state index in [1.165, 1.54) is 0 Å². The Bertz CT molecular complexity index is 916. The van der Waals surface area contributed by atoms with Gasteiger partial charge in [-0.15, -0.1) is 0 Å². The van der Waals surface area contributed by atoms with Crippen LogP contribution >= 0.6 is 23.4 Å². The van der Waals surface area contributed by atoms with Gasteiger partial charge in [-0.25, -0.2) is 4.98 Å². The molecule has 0 amide bonds. The van der Waals surface area contributed by atoms with Crippen molar-refractivity contribution in [3.05, 3.63) is 52.9 Å². The van der Waals surface area contributed by atoms with Gasteiger partial charge in [0, 0.05) is 17.4 Å². The lowest BCUT2D eigenvalue weighted by molar-refractivity contribution is 0.355. The number of hydrogen-bond acceptors (Lipinski definition) is 6. The van der Waals surface area contributed by atoms with Crippen molar-refractivity contribution in [3.8, 4) is 5.69 Å². The zero-order chi connectivity index (χ0) is 18.1. The number of benzene rings is 1. The maximum Gasteiger partial charge on any atom is 0.237 e. The molecule has 0 unspecified atom stereocenters. The minimum absolute atomic E-state index is 0.428. The van der Waals surface area contributed by atoms with Crippen LogP contribution in [0.5, 0.6) is 0 Å². The molecule has 0 radical (unpaired) electrons. The van der Waals surface area contributed by atoms with Gasteiger partial charge in [-0.1, -0.05) is 47.4 Å². The Morgan fingerprint density at radius 2 is 2.15 bits per heavy atom. The maximum absolute atomic E-state index is 6.39. The first-order valence-electron chi connectivity index (χ1n) is 8.60. The molecule has 8 heteroatoms. The number of imidazole rings is 1. The second-order valence-corrected chi connectivity index (χ2v) is 7.98. The molecule has 1 aliphatic carbocycles. The molecule has 2 heterocycles. The van der Waals surface area contributed by atoms with E-state index in [-0.39, 0.29) is 0 Å². The van der Waals surface area contributed by atoms with Crippen LogP contribution in [0.1, 0.15) is 43.0 Å². The van der Waals surface area contributed by atoms with Gasteiger partial charge in [0.15, 0.2) is 11.0 Å². The second kappa shape index (κ2) is 7.06. The fourth-order valence-corrected chi connectivity index (χ4v) is 4.28. The third-order valence-corrected chi connectivity index (χ3v) is 6.20. The van der Waals surface area contributed by atoms with Crippen molar-refractivity contribution >= 4 is 23.4 Å². The van der Waals surface area contributed by atoms with E-state index in [1.54, 1.807) is 18.0 Å². The molecule has 6 nitrogen and oxygen atoms in total. The Morgan fingerprint density at radius 3 is 2.96 bits per heavy atom. The molecule has 0 atom stereocenters. The number of halogens is 1. The maximum atomic E-state index is 6.39. The second-order valence-electron chi connectivity index (χ2n) is 6.63. The number of aromatic nitrogens is 4. The molecule has 1 aliphatic rings. The summed E-state index contributed by atoms with van der Waals surface area (Å²) in [5.41, 5.74) is 7.99. The van der Waals surface area contributed by atoms with E-state index < -0.39 is 5.54 Å². The summed E-state index contributed by atoms with van der Waals surface area (Å²) in [7, 11) is 0. The largest absolute Gasteiger partial charge is 0.338 e. The molecule has 1 saturated carbocycles. The molecule has 2 aromatic heterocycles. The molecular weight excluding hydrogens is 370 g/mol. The number of nitrogens with two attached hydrogens (primary N) is 1. The molecular formula is C18H20ClN5OS. The van der Waals surface area contributed by atoms with Crippen molar-refractivity contribution in [2.45, 2.75) is 49.1 Å². The zero-order valence-corrected chi connectivity index (χ0v) is 16.1. The summed E-state index contributed by atoms with van der Waals surface area (Å²) in [4.78, 5) is 8.96. The summed E-state index contributed by atoms with van der Waals surface area (Å²) in [5, 5.41) is 5.69. The predicted octanol–water partition coefficient (Wildman–Crippen LogP) is 4.24. The molecule has 1 fully saturated rings. The summed E-state index contributed by atoms with van der Waals surface area (Å²) < 4.78 is 7.43. The molecule has 0 spiro atoms. The summed E-state index contributed by atoms with van der Waals surface area (Å²) in [6.07, 6.45) is 7.76. The topological polar surface area (TPSA) is 82.8 Å². The lowest BCUT2D eigenvalue weighted by atomic mass is 9.99. The monoisotopic (exact) mass is 389 g/mol. The first kappa shape index (κ1) is 17.6. The van der Waals surface area contributed by atoms with E-state index in [2.05, 4.69) is 15.1 Å². The van der Waals surface area contributed by atoms with Crippen molar-refractivity contribution in [3.63, 3.8) is 0 Å². The van der Waals surface area contributed by atoms with Gasteiger partial charge in [0.25, 0.3) is 0 Å². The molecule has 136 valence electrons. The van der Waals surface area contributed by atoms with Crippen molar-refractivity contribution in [2.75, 3.05) is 0 Å². The summed E-state index contributed by atoms with van der Waals surface area (Å²) in [6.45, 7) is 2.00. The highest BCUT2D eigenvalue weighted by Crippen LogP contribution is 2.35. The van der Waals surface area contributed by atoms with Crippen LogP contribution in [0.15, 0.2) is 40.3 Å². The molecule has 3 aromatic rings. The van der Waals surface area contributed by atoms with Crippen LogP contribution in [0, 0.1) is 6.92 Å². The summed E-state index contributed by atoms with van der Waals surface area (Å²) >= 11 is 7.79. The highest BCUT2D eigenvalue weighted by atomic mass is 35.5. The number of hydrogen-bond donors (Lipinski definition) is 1. The fourth-order valence-electron chi connectivity index (χ4n) is 3.31. The minimum Gasteiger partial charge on any atom is -0.338 e. The van der Waals surface area contributed by atoms with Crippen molar-refractivity contribution < 1.29 is 4.52 Å². The summed E-state index contributed by atoms with van der Waals surface area (Å²) in [6, 6.07) is 5.84. The normalized spacial score (nSPS) is 16.3. The lowest BCUT2D eigenvalue weighted by Crippen LogP contribution is -2.34. The Balaban J connectivity index is 1.51. The standard InChI is InChI=1S/C18H20ClN5OS/c1-12-13(19)5-4-6-14(12)24-10-9-21-17(24)26-11-15-22-16(23-25-15)18(20)7-2-3-8-18/h4-6,9-10H,2-3,7-8,11,20H2,1H3. The highest BCUT2D eigenvalue weighted by molar-refractivity contribution is 7.98. The van der Waals surface area contributed by atoms with Gasteiger partial charge < -0.3 is 10.3 Å².